The zero-order valence-corrected chi connectivity index (χ0v) is 25.8. The zero-order valence-electron chi connectivity index (χ0n) is 24.9. The van der Waals surface area contributed by atoms with Gasteiger partial charge in [-0.15, -0.1) is 11.3 Å². The third-order valence-electron chi connectivity index (χ3n) is 9.53. The highest BCUT2D eigenvalue weighted by Gasteiger charge is 2.16. The normalized spacial score (nSPS) is 11.9. The Morgan fingerprint density at radius 2 is 0.978 bits per heavy atom. The number of fused-ring (bicyclic) bond motifs is 8. The van der Waals surface area contributed by atoms with Gasteiger partial charge in [-0.25, -0.2) is 0 Å². The quantitative estimate of drug-likeness (QED) is 0.190. The number of rotatable bonds is 3. The smallest absolute Gasteiger partial charge is 0.0547 e. The molecule has 2 aromatic heterocycles. The van der Waals surface area contributed by atoms with E-state index in [1.54, 1.807) is 0 Å². The lowest BCUT2D eigenvalue weighted by Crippen LogP contribution is -1.94. The maximum Gasteiger partial charge on any atom is 0.0547 e. The molecule has 0 saturated heterocycles. The first-order valence-electron chi connectivity index (χ1n) is 15.8. The average molecular weight is 602 g/mol. The second-order valence-electron chi connectivity index (χ2n) is 12.2. The topological polar surface area (TPSA) is 4.93 Å². The molecule has 10 rings (SSSR count). The standard InChI is InChI=1S/C44H27NS/c1-2-8-28(9-3-1)30-16-19-36(20-17-30)45-41-21-18-33(32-15-14-29-10-4-5-11-31(29)22-32)23-38(41)39-24-35-27-44-40(25-34(35)26-42(39)45)37-12-6-7-13-43(37)46-44/h1-27H. The summed E-state index contributed by atoms with van der Waals surface area (Å²) in [6.45, 7) is 0. The van der Waals surface area contributed by atoms with Crippen LogP contribution in [0, 0.1) is 0 Å². The molecule has 0 aliphatic rings. The molecule has 1 nitrogen and oxygen atoms in total. The first-order chi connectivity index (χ1) is 22.8. The van der Waals surface area contributed by atoms with Crippen molar-refractivity contribution in [2.75, 3.05) is 0 Å². The molecule has 2 heterocycles. The van der Waals surface area contributed by atoms with E-state index in [9.17, 15) is 0 Å². The molecule has 2 heteroatoms. The molecule has 0 N–H and O–H groups in total. The molecular weight excluding hydrogens is 575 g/mol. The van der Waals surface area contributed by atoms with Gasteiger partial charge >= 0.3 is 0 Å². The van der Waals surface area contributed by atoms with Gasteiger partial charge in [0.15, 0.2) is 0 Å². The molecule has 8 aromatic carbocycles. The Balaban J connectivity index is 1.24. The lowest BCUT2D eigenvalue weighted by atomic mass is 9.99. The summed E-state index contributed by atoms with van der Waals surface area (Å²) in [7, 11) is 0. The van der Waals surface area contributed by atoms with E-state index in [0.29, 0.717) is 0 Å². The Morgan fingerprint density at radius 3 is 1.87 bits per heavy atom. The van der Waals surface area contributed by atoms with Crippen molar-refractivity contribution < 1.29 is 0 Å². The van der Waals surface area contributed by atoms with Gasteiger partial charge in [-0.05, 0) is 104 Å². The van der Waals surface area contributed by atoms with Crippen LogP contribution in [0.3, 0.4) is 0 Å². The molecule has 10 aromatic rings. The van der Waals surface area contributed by atoms with E-state index in [2.05, 4.69) is 168 Å². The summed E-state index contributed by atoms with van der Waals surface area (Å²) in [6.07, 6.45) is 0. The van der Waals surface area contributed by atoms with Crippen LogP contribution in [0.15, 0.2) is 164 Å². The van der Waals surface area contributed by atoms with Gasteiger partial charge in [0, 0.05) is 36.6 Å². The molecule has 0 radical (unpaired) electrons. The highest BCUT2D eigenvalue weighted by Crippen LogP contribution is 2.41. The lowest BCUT2D eigenvalue weighted by molar-refractivity contribution is 1.18. The number of hydrogen-bond donors (Lipinski definition) is 0. The van der Waals surface area contributed by atoms with E-state index < -0.39 is 0 Å². The zero-order chi connectivity index (χ0) is 30.2. The first kappa shape index (κ1) is 25.6. The van der Waals surface area contributed by atoms with Crippen molar-refractivity contribution in [3.8, 4) is 27.9 Å². The monoisotopic (exact) mass is 601 g/mol. The second kappa shape index (κ2) is 9.90. The fourth-order valence-electron chi connectivity index (χ4n) is 7.25. The maximum absolute atomic E-state index is 2.44. The number of benzene rings is 8. The van der Waals surface area contributed by atoms with E-state index in [-0.39, 0.29) is 0 Å². The number of hydrogen-bond acceptors (Lipinski definition) is 1. The lowest BCUT2D eigenvalue weighted by Gasteiger charge is -2.10. The van der Waals surface area contributed by atoms with E-state index in [0.717, 1.165) is 0 Å². The highest BCUT2D eigenvalue weighted by atomic mass is 32.1. The summed E-state index contributed by atoms with van der Waals surface area (Å²) in [6, 6.07) is 60.3. The van der Waals surface area contributed by atoms with E-state index >= 15 is 0 Å². The van der Waals surface area contributed by atoms with E-state index in [1.165, 1.54) is 91.5 Å². The molecular formula is C44H27NS. The van der Waals surface area contributed by atoms with Gasteiger partial charge in [0.1, 0.15) is 0 Å². The first-order valence-corrected chi connectivity index (χ1v) is 16.6. The molecule has 0 amide bonds. The number of thiophene rings is 1. The van der Waals surface area contributed by atoms with Crippen LogP contribution < -0.4 is 0 Å². The van der Waals surface area contributed by atoms with Crippen LogP contribution in [0.2, 0.25) is 0 Å². The molecule has 0 bridgehead atoms. The molecule has 0 saturated carbocycles. The second-order valence-corrected chi connectivity index (χ2v) is 13.3. The summed E-state index contributed by atoms with van der Waals surface area (Å²) >= 11 is 1.88. The van der Waals surface area contributed by atoms with Crippen molar-refractivity contribution in [3.63, 3.8) is 0 Å². The largest absolute Gasteiger partial charge is 0.309 e. The predicted octanol–water partition coefficient (Wildman–Crippen LogP) is 12.8. The van der Waals surface area contributed by atoms with Gasteiger partial charge in [-0.2, -0.15) is 0 Å². The van der Waals surface area contributed by atoms with Crippen molar-refractivity contribution in [1.29, 1.82) is 0 Å². The van der Waals surface area contributed by atoms with Gasteiger partial charge in [0.2, 0.25) is 0 Å². The fourth-order valence-corrected chi connectivity index (χ4v) is 8.38. The Bertz CT molecular complexity index is 2780. The number of aromatic nitrogens is 1. The van der Waals surface area contributed by atoms with Gasteiger partial charge in [0.25, 0.3) is 0 Å². The average Bonchev–Trinajstić information content (AvgIpc) is 3.64. The minimum atomic E-state index is 1.17. The molecule has 0 aliphatic carbocycles. The fraction of sp³-hybridized carbons (Fsp3) is 0. The van der Waals surface area contributed by atoms with Crippen molar-refractivity contribution in [2.45, 2.75) is 0 Å². The highest BCUT2D eigenvalue weighted by molar-refractivity contribution is 7.25. The summed E-state index contributed by atoms with van der Waals surface area (Å²) in [4.78, 5) is 0. The van der Waals surface area contributed by atoms with Gasteiger partial charge in [-0.1, -0.05) is 103 Å². The van der Waals surface area contributed by atoms with Crippen molar-refractivity contribution >= 4 is 74.9 Å². The third-order valence-corrected chi connectivity index (χ3v) is 10.7. The Morgan fingerprint density at radius 1 is 0.326 bits per heavy atom. The molecule has 0 fully saturated rings. The molecule has 0 aliphatic heterocycles. The van der Waals surface area contributed by atoms with Crippen LogP contribution in [-0.2, 0) is 0 Å². The van der Waals surface area contributed by atoms with Gasteiger partial charge < -0.3 is 4.57 Å². The van der Waals surface area contributed by atoms with Crippen molar-refractivity contribution in [3.05, 3.63) is 164 Å². The Kier molecular flexibility index (Phi) is 5.51. The molecule has 0 spiro atoms. The summed E-state index contributed by atoms with van der Waals surface area (Å²) in [5.41, 5.74) is 8.53. The minimum absolute atomic E-state index is 1.17. The molecule has 46 heavy (non-hydrogen) atoms. The summed E-state index contributed by atoms with van der Waals surface area (Å²) in [5, 5.41) is 10.3. The van der Waals surface area contributed by atoms with Gasteiger partial charge in [0.05, 0.1) is 11.0 Å². The third kappa shape index (κ3) is 3.94. The van der Waals surface area contributed by atoms with Crippen molar-refractivity contribution in [2.24, 2.45) is 0 Å². The van der Waals surface area contributed by atoms with Crippen LogP contribution in [0.4, 0.5) is 0 Å². The van der Waals surface area contributed by atoms with Crippen LogP contribution in [-0.4, -0.2) is 4.57 Å². The maximum atomic E-state index is 2.44. The van der Waals surface area contributed by atoms with E-state index in [1.807, 2.05) is 11.3 Å². The molecule has 0 unspecified atom stereocenters. The SMILES string of the molecule is c1ccc(-c2ccc(-n3c4ccc(-c5ccc6ccccc6c5)cc4c4cc5cc6sc7ccccc7c6cc5cc43)cc2)cc1. The van der Waals surface area contributed by atoms with Crippen molar-refractivity contribution in [1.82, 2.24) is 4.57 Å². The predicted molar refractivity (Wildman–Crippen MR) is 200 cm³/mol. The number of nitrogens with zero attached hydrogens (tertiary/aromatic N) is 1. The van der Waals surface area contributed by atoms with Crippen LogP contribution >= 0.6 is 11.3 Å². The minimum Gasteiger partial charge on any atom is -0.309 e. The summed E-state index contributed by atoms with van der Waals surface area (Å²) < 4.78 is 5.12. The molecule has 214 valence electrons. The van der Waals surface area contributed by atoms with Crippen LogP contribution in [0.5, 0.6) is 0 Å². The van der Waals surface area contributed by atoms with Gasteiger partial charge in [-0.3, -0.25) is 0 Å². The Labute approximate surface area is 270 Å². The van der Waals surface area contributed by atoms with Crippen LogP contribution in [0.1, 0.15) is 0 Å². The summed E-state index contributed by atoms with van der Waals surface area (Å²) in [5.74, 6) is 0. The Hall–Kier alpha value is -5.70. The van der Waals surface area contributed by atoms with E-state index in [4.69, 9.17) is 0 Å². The molecule has 0 atom stereocenters. The van der Waals surface area contributed by atoms with Crippen LogP contribution in [0.25, 0.3) is 91.5 Å².